The van der Waals surface area contributed by atoms with Crippen LogP contribution in [0.2, 0.25) is 0 Å². The third-order valence-electron chi connectivity index (χ3n) is 6.08. The second kappa shape index (κ2) is 10.9. The van der Waals surface area contributed by atoms with E-state index in [4.69, 9.17) is 17.2 Å². The highest BCUT2D eigenvalue weighted by Crippen LogP contribution is 2.32. The molecule has 1 fully saturated rings. The van der Waals surface area contributed by atoms with Crippen LogP contribution in [0.15, 0.2) is 17.1 Å². The number of likely N-dealkylation sites (N-methyl/N-ethyl adjacent to an activating group) is 1. The number of carbonyl (C=O) groups excluding carboxylic acids is 1. The second-order valence-corrected chi connectivity index (χ2v) is 11.7. The molecule has 1 aromatic carbocycles. The molecule has 0 aromatic heterocycles. The van der Waals surface area contributed by atoms with Crippen molar-refractivity contribution >= 4 is 29.5 Å². The van der Waals surface area contributed by atoms with Gasteiger partial charge in [0, 0.05) is 31.4 Å². The third-order valence-corrected chi connectivity index (χ3v) is 6.32. The molecule has 0 heterocycles. The molecule has 2 rings (SSSR count). The summed E-state index contributed by atoms with van der Waals surface area (Å²) in [5.74, 6) is 0.257. The number of rotatable bonds is 5. The molecule has 183 valence electrons. The molecule has 1 aromatic rings. The molecule has 1 amide bonds. The van der Waals surface area contributed by atoms with E-state index in [1.165, 1.54) is 0 Å². The van der Waals surface area contributed by atoms with Gasteiger partial charge in [-0.05, 0) is 54.1 Å². The van der Waals surface area contributed by atoms with Crippen LogP contribution in [0.3, 0.4) is 0 Å². The molecule has 3 atom stereocenters. The number of hydrogen-bond acceptors (Lipinski definition) is 4. The summed E-state index contributed by atoms with van der Waals surface area (Å²) in [5, 5.41) is 17.9. The van der Waals surface area contributed by atoms with E-state index in [0.29, 0.717) is 10.7 Å². The Morgan fingerprint density at radius 3 is 2.42 bits per heavy atom. The highest BCUT2D eigenvalue weighted by molar-refractivity contribution is 7.80. The summed E-state index contributed by atoms with van der Waals surface area (Å²) >= 11 is 5.61. The minimum Gasteiger partial charge on any atom is -0.507 e. The van der Waals surface area contributed by atoms with E-state index in [1.54, 1.807) is 31.3 Å². The van der Waals surface area contributed by atoms with Gasteiger partial charge in [0.25, 0.3) is 0 Å². The summed E-state index contributed by atoms with van der Waals surface area (Å²) in [5.41, 5.74) is 1.07. The summed E-state index contributed by atoms with van der Waals surface area (Å²) in [6.07, 6.45) is 5.86. The summed E-state index contributed by atoms with van der Waals surface area (Å²) < 4.78 is 0. The lowest BCUT2D eigenvalue weighted by Gasteiger charge is -2.35. The van der Waals surface area contributed by atoms with Gasteiger partial charge in [-0.2, -0.15) is 0 Å². The summed E-state index contributed by atoms with van der Waals surface area (Å²) in [6, 6.07) is 6.42. The van der Waals surface area contributed by atoms with Gasteiger partial charge in [0.1, 0.15) is 11.8 Å². The minimum absolute atomic E-state index is 0.00433. The van der Waals surface area contributed by atoms with Crippen molar-refractivity contribution in [3.63, 3.8) is 0 Å². The second-order valence-electron chi connectivity index (χ2n) is 11.3. The fraction of sp³-hybridized carbons (Fsp3) is 0.654. The van der Waals surface area contributed by atoms with Crippen LogP contribution in [-0.2, 0) is 10.2 Å². The quantitative estimate of drug-likeness (QED) is 0.442. The van der Waals surface area contributed by atoms with E-state index in [1.807, 2.05) is 26.8 Å². The topological polar surface area (TPSA) is 77.0 Å². The molecule has 1 aliphatic rings. The molecule has 0 unspecified atom stereocenters. The van der Waals surface area contributed by atoms with Gasteiger partial charge < -0.3 is 20.6 Å². The molecule has 7 heteroatoms. The average molecular weight is 474 g/mol. The summed E-state index contributed by atoms with van der Waals surface area (Å²) in [6.45, 7) is 12.3. The fourth-order valence-corrected chi connectivity index (χ4v) is 4.33. The zero-order valence-electron chi connectivity index (χ0n) is 21.5. The minimum atomic E-state index is -0.425. The monoisotopic (exact) mass is 473 g/mol. The van der Waals surface area contributed by atoms with E-state index in [9.17, 15) is 9.90 Å². The van der Waals surface area contributed by atoms with Crippen molar-refractivity contribution in [1.82, 2.24) is 15.5 Å². The van der Waals surface area contributed by atoms with Crippen molar-refractivity contribution in [2.24, 2.45) is 10.4 Å². The van der Waals surface area contributed by atoms with Crippen LogP contribution < -0.4 is 10.6 Å². The Kier molecular flexibility index (Phi) is 8.91. The van der Waals surface area contributed by atoms with Gasteiger partial charge in [0.15, 0.2) is 5.11 Å². The Bertz CT molecular complexity index is 868. The van der Waals surface area contributed by atoms with Crippen LogP contribution in [0.5, 0.6) is 5.75 Å². The SMILES string of the molecule is CN(C)C(=O)[C@@H](NC(=S)N[C@@H]1CCCC[C@H]1/N=C/c1c[c]cc(C(C)(C)C)c1O)C(C)(C)C. The van der Waals surface area contributed by atoms with Gasteiger partial charge in [-0.25, -0.2) is 0 Å². The number of thiocarbonyl (C=S) groups is 1. The van der Waals surface area contributed by atoms with E-state index in [-0.39, 0.29) is 34.6 Å². The third kappa shape index (κ3) is 7.42. The zero-order chi connectivity index (χ0) is 25.0. The van der Waals surface area contributed by atoms with Crippen molar-refractivity contribution in [1.29, 1.82) is 0 Å². The molecule has 0 saturated heterocycles. The van der Waals surface area contributed by atoms with Gasteiger partial charge in [-0.3, -0.25) is 9.79 Å². The van der Waals surface area contributed by atoms with E-state index >= 15 is 0 Å². The maximum absolute atomic E-state index is 12.7. The normalized spacial score (nSPS) is 20.4. The predicted molar refractivity (Wildman–Crippen MR) is 140 cm³/mol. The number of phenolic OH excluding ortho intramolecular Hbond substituents is 1. The first kappa shape index (κ1) is 27.1. The molecule has 0 bridgehead atoms. The number of aromatic hydroxyl groups is 1. The van der Waals surface area contributed by atoms with Gasteiger partial charge in [0.05, 0.1) is 12.1 Å². The lowest BCUT2D eigenvalue weighted by molar-refractivity contribution is -0.133. The van der Waals surface area contributed by atoms with Crippen molar-refractivity contribution in [3.8, 4) is 5.75 Å². The maximum atomic E-state index is 12.7. The lowest BCUT2D eigenvalue weighted by Crippen LogP contribution is -2.57. The molecule has 1 radical (unpaired) electrons. The van der Waals surface area contributed by atoms with Crippen LogP contribution in [0.25, 0.3) is 0 Å². The van der Waals surface area contributed by atoms with Crippen LogP contribution in [0, 0.1) is 11.5 Å². The number of nitrogens with zero attached hydrogens (tertiary/aromatic N) is 2. The number of aliphatic imine (C=N–C) groups is 1. The molecular formula is C26H41N4O2S. The molecular weight excluding hydrogens is 432 g/mol. The van der Waals surface area contributed by atoms with Gasteiger partial charge in [0.2, 0.25) is 5.91 Å². The first-order chi connectivity index (χ1) is 15.2. The Balaban J connectivity index is 2.14. The van der Waals surface area contributed by atoms with Gasteiger partial charge >= 0.3 is 0 Å². The number of phenols is 1. The highest BCUT2D eigenvalue weighted by Gasteiger charge is 2.34. The van der Waals surface area contributed by atoms with Crippen molar-refractivity contribution in [2.75, 3.05) is 14.1 Å². The average Bonchev–Trinajstić information content (AvgIpc) is 2.70. The Morgan fingerprint density at radius 1 is 1.21 bits per heavy atom. The molecule has 3 N–H and O–H groups in total. The van der Waals surface area contributed by atoms with E-state index < -0.39 is 6.04 Å². The highest BCUT2D eigenvalue weighted by atomic mass is 32.1. The van der Waals surface area contributed by atoms with Crippen molar-refractivity contribution in [2.45, 2.75) is 90.8 Å². The molecule has 1 aliphatic carbocycles. The lowest BCUT2D eigenvalue weighted by atomic mass is 9.85. The Hall–Kier alpha value is -2.15. The standard InChI is InChI=1S/C26H41N4O2S/c1-25(2,3)18-13-11-12-17(21(18)31)16-27-19-14-9-10-15-20(19)28-24(33)29-22(26(4,5)6)23(32)30(7)8/h12-13,16,19-20,22,31H,9-10,14-15H2,1-8H3,(H2,28,29,33)/b27-16+/t19-,20-,22-/m1/s1. The molecule has 0 spiro atoms. The molecule has 1 saturated carbocycles. The number of nitrogens with one attached hydrogen (secondary N) is 2. The first-order valence-electron chi connectivity index (χ1n) is 11.8. The number of amides is 1. The molecule has 6 nitrogen and oxygen atoms in total. The number of carbonyl (C=O) groups is 1. The van der Waals surface area contributed by atoms with Crippen molar-refractivity contribution < 1.29 is 9.90 Å². The van der Waals surface area contributed by atoms with Gasteiger partial charge in [-0.15, -0.1) is 0 Å². The van der Waals surface area contributed by atoms with E-state index in [0.717, 1.165) is 31.2 Å². The van der Waals surface area contributed by atoms with Crippen LogP contribution in [0.1, 0.15) is 78.4 Å². The first-order valence-corrected chi connectivity index (χ1v) is 12.2. The summed E-state index contributed by atoms with van der Waals surface area (Å²) in [7, 11) is 3.51. The van der Waals surface area contributed by atoms with Crippen LogP contribution >= 0.6 is 12.2 Å². The van der Waals surface area contributed by atoms with Gasteiger partial charge in [-0.1, -0.05) is 54.4 Å². The largest absolute Gasteiger partial charge is 0.507 e. The molecule has 33 heavy (non-hydrogen) atoms. The van der Waals surface area contributed by atoms with Crippen LogP contribution in [0.4, 0.5) is 0 Å². The summed E-state index contributed by atoms with van der Waals surface area (Å²) in [4.78, 5) is 19.1. The van der Waals surface area contributed by atoms with Crippen LogP contribution in [-0.4, -0.2) is 59.5 Å². The molecule has 0 aliphatic heterocycles. The maximum Gasteiger partial charge on any atom is 0.245 e. The van der Waals surface area contributed by atoms with E-state index in [2.05, 4.69) is 37.5 Å². The Morgan fingerprint density at radius 2 is 1.85 bits per heavy atom. The smallest absolute Gasteiger partial charge is 0.245 e. The Labute approximate surface area is 205 Å². The number of benzene rings is 1. The number of hydrogen-bond donors (Lipinski definition) is 3. The predicted octanol–water partition coefficient (Wildman–Crippen LogP) is 4.19. The fourth-order valence-electron chi connectivity index (χ4n) is 4.06. The zero-order valence-corrected chi connectivity index (χ0v) is 22.3. The van der Waals surface area contributed by atoms with Crippen molar-refractivity contribution in [3.05, 3.63) is 29.3 Å².